The number of rotatable bonds is 6. The van der Waals surface area contributed by atoms with Crippen LogP contribution in [-0.4, -0.2) is 16.5 Å². The van der Waals surface area contributed by atoms with Crippen LogP contribution in [0.3, 0.4) is 0 Å². The van der Waals surface area contributed by atoms with E-state index in [2.05, 4.69) is 40.8 Å². The maximum absolute atomic E-state index is 6.04. The molecule has 0 saturated heterocycles. The van der Waals surface area contributed by atoms with Crippen molar-refractivity contribution < 1.29 is 0 Å². The first-order valence-corrected chi connectivity index (χ1v) is 7.13. The summed E-state index contributed by atoms with van der Waals surface area (Å²) in [6.45, 7) is 6.00. The van der Waals surface area contributed by atoms with E-state index in [-0.39, 0.29) is 0 Å². The first kappa shape index (κ1) is 14.3. The summed E-state index contributed by atoms with van der Waals surface area (Å²) >= 11 is 0. The van der Waals surface area contributed by atoms with Gasteiger partial charge in [0.2, 0.25) is 0 Å². The molecule has 1 aromatic carbocycles. The van der Waals surface area contributed by atoms with E-state index in [1.807, 2.05) is 18.2 Å². The van der Waals surface area contributed by atoms with Gasteiger partial charge >= 0.3 is 0 Å². The van der Waals surface area contributed by atoms with Crippen LogP contribution in [0.25, 0.3) is 0 Å². The molecular formula is C16H22N4. The molecule has 0 spiro atoms. The highest BCUT2D eigenvalue weighted by Crippen LogP contribution is 2.19. The molecule has 0 aliphatic heterocycles. The van der Waals surface area contributed by atoms with Gasteiger partial charge in [-0.2, -0.15) is 0 Å². The molecule has 2 N–H and O–H groups in total. The molecule has 0 aliphatic carbocycles. The van der Waals surface area contributed by atoms with Crippen LogP contribution in [0.2, 0.25) is 0 Å². The quantitative estimate of drug-likeness (QED) is 0.820. The summed E-state index contributed by atoms with van der Waals surface area (Å²) in [6, 6.07) is 10.1. The van der Waals surface area contributed by atoms with Crippen LogP contribution in [0.5, 0.6) is 0 Å². The second-order valence-corrected chi connectivity index (χ2v) is 4.84. The number of aryl methyl sites for hydroxylation is 1. The molecule has 0 atom stereocenters. The predicted molar refractivity (Wildman–Crippen MR) is 83.6 cm³/mol. The summed E-state index contributed by atoms with van der Waals surface area (Å²) in [7, 11) is 0. The van der Waals surface area contributed by atoms with Crippen LogP contribution in [0.4, 0.5) is 11.5 Å². The number of nitrogens with zero attached hydrogens (tertiary/aromatic N) is 3. The highest BCUT2D eigenvalue weighted by Gasteiger charge is 2.10. The van der Waals surface area contributed by atoms with Gasteiger partial charge in [-0.15, -0.1) is 0 Å². The highest BCUT2D eigenvalue weighted by atomic mass is 15.2. The first-order valence-electron chi connectivity index (χ1n) is 7.13. The lowest BCUT2D eigenvalue weighted by Crippen LogP contribution is -2.25. The summed E-state index contributed by atoms with van der Waals surface area (Å²) in [6.07, 6.45) is 3.63. The molecule has 106 valence electrons. The van der Waals surface area contributed by atoms with Gasteiger partial charge in [0.05, 0.1) is 0 Å². The molecule has 0 aliphatic rings. The normalized spacial score (nSPS) is 10.5. The zero-order chi connectivity index (χ0) is 14.4. The van der Waals surface area contributed by atoms with Crippen molar-refractivity contribution >= 4 is 11.5 Å². The molecule has 0 fully saturated rings. The highest BCUT2D eigenvalue weighted by molar-refractivity contribution is 5.49. The Kier molecular flexibility index (Phi) is 4.93. The standard InChI is InChI=1S/C16H22N4/c1-3-9-20(11-13-7-5-6-8-15(13)17)16-10-14(4-2)18-12-19-16/h5-8,10,12H,3-4,9,11,17H2,1-2H3. The van der Waals surface area contributed by atoms with Crippen molar-refractivity contribution in [3.05, 3.63) is 47.9 Å². The van der Waals surface area contributed by atoms with Crippen molar-refractivity contribution in [1.82, 2.24) is 9.97 Å². The van der Waals surface area contributed by atoms with Crippen LogP contribution in [0.1, 0.15) is 31.5 Å². The number of anilines is 2. The molecule has 0 bridgehead atoms. The average molecular weight is 270 g/mol. The fourth-order valence-corrected chi connectivity index (χ4v) is 2.18. The third-order valence-corrected chi connectivity index (χ3v) is 3.31. The molecule has 1 aromatic heterocycles. The number of nitrogens with two attached hydrogens (primary N) is 1. The Hall–Kier alpha value is -2.10. The van der Waals surface area contributed by atoms with E-state index in [0.717, 1.165) is 48.7 Å². The van der Waals surface area contributed by atoms with Gasteiger partial charge in [0.25, 0.3) is 0 Å². The smallest absolute Gasteiger partial charge is 0.132 e. The Labute approximate surface area is 120 Å². The van der Waals surface area contributed by atoms with E-state index in [0.29, 0.717) is 0 Å². The van der Waals surface area contributed by atoms with Crippen LogP contribution < -0.4 is 10.6 Å². The maximum Gasteiger partial charge on any atom is 0.132 e. The fraction of sp³-hybridized carbons (Fsp3) is 0.375. The molecular weight excluding hydrogens is 248 g/mol. The average Bonchev–Trinajstić information content (AvgIpc) is 2.49. The molecule has 0 radical (unpaired) electrons. The second-order valence-electron chi connectivity index (χ2n) is 4.84. The van der Waals surface area contributed by atoms with Crippen LogP contribution >= 0.6 is 0 Å². The Morgan fingerprint density at radius 2 is 1.95 bits per heavy atom. The molecule has 0 saturated carbocycles. The summed E-state index contributed by atoms with van der Waals surface area (Å²) in [5, 5.41) is 0. The number of para-hydroxylation sites is 1. The number of nitrogen functional groups attached to an aromatic ring is 1. The molecule has 4 nitrogen and oxygen atoms in total. The number of benzene rings is 1. The molecule has 0 unspecified atom stereocenters. The zero-order valence-electron chi connectivity index (χ0n) is 12.2. The minimum Gasteiger partial charge on any atom is -0.398 e. The number of hydrogen-bond donors (Lipinski definition) is 1. The van der Waals surface area contributed by atoms with Gasteiger partial charge < -0.3 is 10.6 Å². The van der Waals surface area contributed by atoms with Crippen LogP contribution in [0.15, 0.2) is 36.7 Å². The van der Waals surface area contributed by atoms with Gasteiger partial charge in [0, 0.05) is 30.5 Å². The van der Waals surface area contributed by atoms with E-state index in [1.54, 1.807) is 6.33 Å². The summed E-state index contributed by atoms with van der Waals surface area (Å²) in [5.74, 6) is 0.974. The van der Waals surface area contributed by atoms with E-state index in [1.165, 1.54) is 0 Å². The van der Waals surface area contributed by atoms with Crippen molar-refractivity contribution in [2.24, 2.45) is 0 Å². The van der Waals surface area contributed by atoms with Gasteiger partial charge in [0.1, 0.15) is 12.1 Å². The lowest BCUT2D eigenvalue weighted by atomic mass is 10.1. The van der Waals surface area contributed by atoms with E-state index in [4.69, 9.17) is 5.73 Å². The van der Waals surface area contributed by atoms with Gasteiger partial charge in [-0.1, -0.05) is 32.0 Å². The first-order chi connectivity index (χ1) is 9.74. The summed E-state index contributed by atoms with van der Waals surface area (Å²) in [5.41, 5.74) is 9.08. The Morgan fingerprint density at radius 3 is 2.65 bits per heavy atom. The molecule has 4 heteroatoms. The van der Waals surface area contributed by atoms with Gasteiger partial charge in [-0.25, -0.2) is 9.97 Å². The molecule has 0 amide bonds. The van der Waals surface area contributed by atoms with Crippen molar-refractivity contribution in [2.45, 2.75) is 33.2 Å². The molecule has 2 rings (SSSR count). The van der Waals surface area contributed by atoms with Crippen molar-refractivity contribution in [2.75, 3.05) is 17.2 Å². The summed E-state index contributed by atoms with van der Waals surface area (Å²) < 4.78 is 0. The van der Waals surface area contributed by atoms with E-state index in [9.17, 15) is 0 Å². The zero-order valence-corrected chi connectivity index (χ0v) is 12.2. The third kappa shape index (κ3) is 3.47. The Morgan fingerprint density at radius 1 is 1.15 bits per heavy atom. The topological polar surface area (TPSA) is 55.0 Å². The lowest BCUT2D eigenvalue weighted by Gasteiger charge is -2.24. The number of hydrogen-bond acceptors (Lipinski definition) is 4. The van der Waals surface area contributed by atoms with Gasteiger partial charge in [0.15, 0.2) is 0 Å². The largest absolute Gasteiger partial charge is 0.398 e. The predicted octanol–water partition coefficient (Wildman–Crippen LogP) is 3.04. The third-order valence-electron chi connectivity index (χ3n) is 3.31. The van der Waals surface area contributed by atoms with Gasteiger partial charge in [-0.3, -0.25) is 0 Å². The second kappa shape index (κ2) is 6.89. The Balaban J connectivity index is 2.24. The molecule has 20 heavy (non-hydrogen) atoms. The lowest BCUT2D eigenvalue weighted by molar-refractivity contribution is 0.751. The van der Waals surface area contributed by atoms with Crippen molar-refractivity contribution in [3.8, 4) is 0 Å². The summed E-state index contributed by atoms with van der Waals surface area (Å²) in [4.78, 5) is 10.9. The van der Waals surface area contributed by atoms with E-state index >= 15 is 0 Å². The van der Waals surface area contributed by atoms with E-state index < -0.39 is 0 Å². The SMILES string of the molecule is CCCN(Cc1ccccc1N)c1cc(CC)ncn1. The van der Waals surface area contributed by atoms with Crippen LogP contribution in [-0.2, 0) is 13.0 Å². The van der Waals surface area contributed by atoms with Crippen molar-refractivity contribution in [3.63, 3.8) is 0 Å². The maximum atomic E-state index is 6.04. The number of aromatic nitrogens is 2. The molecule has 1 heterocycles. The fourth-order valence-electron chi connectivity index (χ4n) is 2.18. The van der Waals surface area contributed by atoms with Gasteiger partial charge in [-0.05, 0) is 24.5 Å². The van der Waals surface area contributed by atoms with Crippen molar-refractivity contribution in [1.29, 1.82) is 0 Å². The Bertz CT molecular complexity index is 554. The molecule has 2 aromatic rings. The monoisotopic (exact) mass is 270 g/mol. The minimum absolute atomic E-state index is 0.778. The minimum atomic E-state index is 0.778. The van der Waals surface area contributed by atoms with Crippen LogP contribution in [0, 0.1) is 0 Å².